The van der Waals surface area contributed by atoms with E-state index in [4.69, 9.17) is 16.3 Å². The number of carbonyl (C=O) groups is 3. The Morgan fingerprint density at radius 3 is 2.47 bits per heavy atom. The van der Waals surface area contributed by atoms with Gasteiger partial charge in [0.15, 0.2) is 0 Å². The quantitative estimate of drug-likeness (QED) is 0.715. The molecule has 2 N–H and O–H groups in total. The highest BCUT2D eigenvalue weighted by atomic mass is 35.5. The fraction of sp³-hybridized carbons (Fsp3) is 0.238. The Kier molecular flexibility index (Phi) is 6.68. The van der Waals surface area contributed by atoms with Crippen LogP contribution in [0.15, 0.2) is 47.6 Å². The Morgan fingerprint density at radius 1 is 1.10 bits per heavy atom. The summed E-state index contributed by atoms with van der Waals surface area (Å²) in [6, 6.07) is 12.2. The van der Waals surface area contributed by atoms with E-state index in [9.17, 15) is 14.4 Å². The number of halogens is 1. The van der Waals surface area contributed by atoms with Crippen LogP contribution in [-0.4, -0.2) is 35.5 Å². The summed E-state index contributed by atoms with van der Waals surface area (Å²) in [6.45, 7) is 2.24. The Hall–Kier alpha value is -3.39. The summed E-state index contributed by atoms with van der Waals surface area (Å²) < 4.78 is 5.73. The minimum atomic E-state index is -0.550. The number of benzene rings is 2. The van der Waals surface area contributed by atoms with E-state index in [0.717, 1.165) is 16.1 Å². The zero-order chi connectivity index (χ0) is 21.7. The van der Waals surface area contributed by atoms with Crippen molar-refractivity contribution in [1.29, 1.82) is 0 Å². The molecule has 0 aliphatic carbocycles. The minimum Gasteiger partial charge on any atom is -0.489 e. The average molecular weight is 429 g/mol. The van der Waals surface area contributed by atoms with Crippen molar-refractivity contribution in [3.8, 4) is 5.75 Å². The van der Waals surface area contributed by atoms with Crippen LogP contribution < -0.4 is 15.6 Å². The zero-order valence-corrected chi connectivity index (χ0v) is 17.3. The van der Waals surface area contributed by atoms with Crippen LogP contribution in [0.1, 0.15) is 34.3 Å². The topological polar surface area (TPSA) is 100 Å². The molecule has 2 aromatic carbocycles. The molecule has 0 atom stereocenters. The van der Waals surface area contributed by atoms with Gasteiger partial charge in [-0.05, 0) is 48.4 Å². The lowest BCUT2D eigenvalue weighted by Crippen LogP contribution is -2.46. The van der Waals surface area contributed by atoms with Crippen molar-refractivity contribution in [1.82, 2.24) is 15.9 Å². The number of nitrogens with one attached hydrogen (secondary N) is 2. The highest BCUT2D eigenvalue weighted by Crippen LogP contribution is 2.22. The Balaban J connectivity index is 1.51. The first-order valence-electron chi connectivity index (χ1n) is 9.26. The minimum absolute atomic E-state index is 0.161. The lowest BCUT2D eigenvalue weighted by molar-refractivity contribution is -0.130. The highest BCUT2D eigenvalue weighted by Gasteiger charge is 2.22. The third kappa shape index (κ3) is 5.36. The van der Waals surface area contributed by atoms with Gasteiger partial charge in [-0.2, -0.15) is 5.10 Å². The number of ether oxygens (including phenoxy) is 1. The van der Waals surface area contributed by atoms with Gasteiger partial charge in [0.25, 0.3) is 11.8 Å². The molecule has 1 aliphatic rings. The van der Waals surface area contributed by atoms with Gasteiger partial charge in [-0.3, -0.25) is 25.2 Å². The number of aryl methyl sites for hydroxylation is 1. The Labute approximate surface area is 178 Å². The summed E-state index contributed by atoms with van der Waals surface area (Å²) in [7, 11) is 1.48. The van der Waals surface area contributed by atoms with E-state index in [2.05, 4.69) is 16.0 Å². The van der Waals surface area contributed by atoms with Gasteiger partial charge in [0.05, 0.1) is 0 Å². The van der Waals surface area contributed by atoms with E-state index in [1.807, 2.05) is 13.0 Å². The van der Waals surface area contributed by atoms with Crippen molar-refractivity contribution in [3.63, 3.8) is 0 Å². The number of hydrogen-bond acceptors (Lipinski definition) is 5. The Bertz CT molecular complexity index is 1000. The van der Waals surface area contributed by atoms with Gasteiger partial charge in [0, 0.05) is 30.5 Å². The molecule has 1 aliphatic heterocycles. The van der Waals surface area contributed by atoms with Crippen LogP contribution in [0.4, 0.5) is 0 Å². The number of hydrogen-bond donors (Lipinski definition) is 2. The van der Waals surface area contributed by atoms with Gasteiger partial charge in [0.1, 0.15) is 18.1 Å². The lowest BCUT2D eigenvalue weighted by Gasteiger charge is -2.19. The summed E-state index contributed by atoms with van der Waals surface area (Å²) >= 11 is 6.00. The molecule has 0 aromatic heterocycles. The van der Waals surface area contributed by atoms with Crippen molar-refractivity contribution >= 4 is 35.0 Å². The maximum atomic E-state index is 12.2. The third-order valence-electron chi connectivity index (χ3n) is 4.51. The summed E-state index contributed by atoms with van der Waals surface area (Å²) in [5.74, 6) is -0.471. The second-order valence-corrected chi connectivity index (χ2v) is 7.18. The van der Waals surface area contributed by atoms with Crippen molar-refractivity contribution in [2.24, 2.45) is 5.10 Å². The van der Waals surface area contributed by atoms with E-state index < -0.39 is 11.8 Å². The van der Waals surface area contributed by atoms with Crippen molar-refractivity contribution in [2.45, 2.75) is 26.4 Å². The summed E-state index contributed by atoms with van der Waals surface area (Å²) in [5, 5.41) is 5.70. The van der Waals surface area contributed by atoms with E-state index in [-0.39, 0.29) is 24.5 Å². The molecule has 0 spiro atoms. The number of nitrogens with zero attached hydrogens (tertiary/aromatic N) is 2. The van der Waals surface area contributed by atoms with Gasteiger partial charge in [0.2, 0.25) is 5.91 Å². The molecule has 8 nitrogen and oxygen atoms in total. The maximum Gasteiger partial charge on any atom is 0.285 e. The van der Waals surface area contributed by atoms with E-state index >= 15 is 0 Å². The summed E-state index contributed by atoms with van der Waals surface area (Å²) in [5.41, 5.74) is 7.03. The zero-order valence-electron chi connectivity index (χ0n) is 16.6. The van der Waals surface area contributed by atoms with Gasteiger partial charge < -0.3 is 4.74 Å². The van der Waals surface area contributed by atoms with Crippen LogP contribution >= 0.6 is 11.6 Å². The highest BCUT2D eigenvalue weighted by molar-refractivity contribution is 6.39. The molecule has 0 fully saturated rings. The monoisotopic (exact) mass is 428 g/mol. The molecular weight excluding hydrogens is 408 g/mol. The Morgan fingerprint density at radius 2 is 1.80 bits per heavy atom. The molecule has 30 heavy (non-hydrogen) atoms. The molecule has 0 radical (unpaired) electrons. The molecule has 3 rings (SSSR count). The second-order valence-electron chi connectivity index (χ2n) is 6.77. The molecule has 0 saturated carbocycles. The average Bonchev–Trinajstić information content (AvgIpc) is 2.75. The first-order chi connectivity index (χ1) is 14.3. The molecular formula is C21H21ClN4O4. The van der Waals surface area contributed by atoms with Crippen LogP contribution in [0.25, 0.3) is 0 Å². The SMILES string of the molecule is Cc1cc(OCc2ccc(C(=O)NNC(=O)C3=NN(C)C(=O)CC3)cc2)ccc1Cl. The van der Waals surface area contributed by atoms with Crippen LogP contribution in [-0.2, 0) is 16.2 Å². The molecule has 1 heterocycles. The largest absolute Gasteiger partial charge is 0.489 e. The summed E-state index contributed by atoms with van der Waals surface area (Å²) in [6.07, 6.45) is 0.433. The van der Waals surface area contributed by atoms with Crippen molar-refractivity contribution in [3.05, 3.63) is 64.2 Å². The lowest BCUT2D eigenvalue weighted by atomic mass is 10.1. The summed E-state index contributed by atoms with van der Waals surface area (Å²) in [4.78, 5) is 35.7. The maximum absolute atomic E-state index is 12.2. The smallest absolute Gasteiger partial charge is 0.285 e. The van der Waals surface area contributed by atoms with Crippen molar-refractivity contribution in [2.75, 3.05) is 7.05 Å². The van der Waals surface area contributed by atoms with Crippen LogP contribution in [0.3, 0.4) is 0 Å². The first kappa shape index (κ1) is 21.3. The predicted molar refractivity (Wildman–Crippen MR) is 112 cm³/mol. The fourth-order valence-electron chi connectivity index (χ4n) is 2.72. The van der Waals surface area contributed by atoms with Gasteiger partial charge in [-0.15, -0.1) is 0 Å². The molecule has 2 aromatic rings. The van der Waals surface area contributed by atoms with Gasteiger partial charge in [-0.1, -0.05) is 23.7 Å². The number of hydrazine groups is 1. The van der Waals surface area contributed by atoms with Gasteiger partial charge >= 0.3 is 0 Å². The van der Waals surface area contributed by atoms with Gasteiger partial charge in [-0.25, -0.2) is 5.01 Å². The number of carbonyl (C=O) groups excluding carboxylic acids is 3. The number of hydrazone groups is 1. The third-order valence-corrected chi connectivity index (χ3v) is 4.93. The van der Waals surface area contributed by atoms with Crippen molar-refractivity contribution < 1.29 is 19.1 Å². The van der Waals surface area contributed by atoms with Crippen LogP contribution in [0.5, 0.6) is 5.75 Å². The first-order valence-corrected chi connectivity index (χ1v) is 9.64. The van der Waals surface area contributed by atoms with E-state index in [0.29, 0.717) is 22.9 Å². The predicted octanol–water partition coefficient (Wildman–Crippen LogP) is 2.60. The second kappa shape index (κ2) is 9.41. The molecule has 0 bridgehead atoms. The molecule has 0 unspecified atom stereocenters. The fourth-order valence-corrected chi connectivity index (χ4v) is 2.83. The molecule has 0 saturated heterocycles. The van der Waals surface area contributed by atoms with Crippen LogP contribution in [0.2, 0.25) is 5.02 Å². The standard InChI is InChI=1S/C21H21ClN4O4/c1-13-11-16(7-8-17(13)22)30-12-14-3-5-15(6-4-14)20(28)23-24-21(29)18-9-10-19(27)26(2)25-18/h3-8,11H,9-10,12H2,1-2H3,(H,23,28)(H,24,29). The molecule has 156 valence electrons. The molecule has 3 amide bonds. The molecule has 9 heteroatoms. The number of amides is 3. The van der Waals surface area contributed by atoms with Crippen LogP contribution in [0, 0.1) is 6.92 Å². The van der Waals surface area contributed by atoms with E-state index in [1.54, 1.807) is 36.4 Å². The van der Waals surface area contributed by atoms with E-state index in [1.165, 1.54) is 7.05 Å². The normalized spacial score (nSPS) is 13.5. The number of rotatable bonds is 5.